The van der Waals surface area contributed by atoms with Crippen molar-refractivity contribution < 1.29 is 18.4 Å². The van der Waals surface area contributed by atoms with Gasteiger partial charge in [0.1, 0.15) is 23.6 Å². The fourth-order valence-electron chi connectivity index (χ4n) is 4.23. The predicted octanol–water partition coefficient (Wildman–Crippen LogP) is 1.79. The number of hydrazine groups is 1. The molecule has 3 unspecified atom stereocenters. The first-order valence-electron chi connectivity index (χ1n) is 10.8. The van der Waals surface area contributed by atoms with Crippen LogP contribution in [0.15, 0.2) is 54.6 Å². The maximum Gasteiger partial charge on any atom is 0.230 e. The monoisotopic (exact) mass is 467 g/mol. The average Bonchev–Trinajstić information content (AvgIpc) is 3.39. The lowest BCUT2D eigenvalue weighted by atomic mass is 10.0. The molecule has 0 aliphatic carbocycles. The molecular weight excluding hydrogens is 444 g/mol. The Morgan fingerprint density at radius 2 is 1.79 bits per heavy atom. The Labute approximate surface area is 194 Å². The van der Waals surface area contributed by atoms with Crippen LogP contribution in [0.25, 0.3) is 0 Å². The maximum absolute atomic E-state index is 13.4. The number of halogens is 2. The van der Waals surface area contributed by atoms with Crippen LogP contribution >= 0.6 is 0 Å². The van der Waals surface area contributed by atoms with E-state index in [1.807, 2.05) is 0 Å². The summed E-state index contributed by atoms with van der Waals surface area (Å²) < 4.78 is 28.0. The minimum absolute atomic E-state index is 0.0575. The van der Waals surface area contributed by atoms with Crippen molar-refractivity contribution in [1.29, 1.82) is 0 Å². The van der Waals surface area contributed by atoms with Crippen LogP contribution in [-0.2, 0) is 16.0 Å². The number of hydrogen-bond acceptors (Lipinski definition) is 6. The quantitative estimate of drug-likeness (QED) is 0.456. The molecule has 1 aromatic heterocycles. The molecule has 3 aromatic rings. The lowest BCUT2D eigenvalue weighted by Gasteiger charge is -2.37. The molecule has 2 aliphatic heterocycles. The van der Waals surface area contributed by atoms with E-state index in [9.17, 15) is 18.4 Å². The van der Waals surface area contributed by atoms with Gasteiger partial charge in [-0.3, -0.25) is 19.9 Å². The van der Waals surface area contributed by atoms with Gasteiger partial charge in [-0.2, -0.15) is 5.10 Å². The third kappa shape index (κ3) is 4.35. The van der Waals surface area contributed by atoms with E-state index >= 15 is 0 Å². The summed E-state index contributed by atoms with van der Waals surface area (Å²) in [5.74, 6) is -1.17. The van der Waals surface area contributed by atoms with Gasteiger partial charge in [0, 0.05) is 12.6 Å². The number of fused-ring (bicyclic) bond motifs is 1. The van der Waals surface area contributed by atoms with Gasteiger partial charge in [0.05, 0.1) is 23.7 Å². The van der Waals surface area contributed by atoms with Crippen molar-refractivity contribution in [1.82, 2.24) is 25.8 Å². The largest absolute Gasteiger partial charge is 0.321 e. The first kappa shape index (κ1) is 22.0. The predicted molar refractivity (Wildman–Crippen MR) is 120 cm³/mol. The number of aromatic nitrogens is 2. The van der Waals surface area contributed by atoms with Gasteiger partial charge < -0.3 is 10.6 Å². The highest BCUT2D eigenvalue weighted by molar-refractivity contribution is 5.91. The van der Waals surface area contributed by atoms with Gasteiger partial charge in [-0.05, 0) is 48.9 Å². The van der Waals surface area contributed by atoms with Crippen LogP contribution in [0.1, 0.15) is 17.5 Å². The van der Waals surface area contributed by atoms with Crippen LogP contribution in [0.2, 0.25) is 0 Å². The van der Waals surface area contributed by atoms with Gasteiger partial charge in [0.25, 0.3) is 0 Å². The van der Waals surface area contributed by atoms with E-state index in [2.05, 4.69) is 26.5 Å². The molecule has 0 bridgehead atoms. The van der Waals surface area contributed by atoms with Crippen molar-refractivity contribution in [3.05, 3.63) is 77.5 Å². The second-order valence-corrected chi connectivity index (χ2v) is 8.30. The molecule has 2 amide bonds. The number of hydrogen-bond donors (Lipinski definition) is 4. The van der Waals surface area contributed by atoms with E-state index in [1.54, 1.807) is 42.3 Å². The number of nitrogens with zero attached hydrogens (tertiary/aromatic N) is 3. The fraction of sp³-hybridized carbons (Fsp3) is 0.261. The molecule has 4 N–H and O–H groups in total. The van der Waals surface area contributed by atoms with Crippen molar-refractivity contribution in [2.75, 3.05) is 16.9 Å². The molecule has 0 saturated carbocycles. The van der Waals surface area contributed by atoms with E-state index < -0.39 is 12.5 Å². The van der Waals surface area contributed by atoms with E-state index in [4.69, 9.17) is 0 Å². The molecule has 5 rings (SSSR count). The topological polar surface area (TPSA) is 103 Å². The van der Waals surface area contributed by atoms with Crippen LogP contribution < -0.4 is 26.4 Å². The highest BCUT2D eigenvalue weighted by atomic mass is 19.1. The summed E-state index contributed by atoms with van der Waals surface area (Å²) in [4.78, 5) is 25.5. The molecule has 2 aliphatic rings. The van der Waals surface area contributed by atoms with Gasteiger partial charge >= 0.3 is 0 Å². The number of carbonyl (C=O) groups excluding carboxylic acids is 2. The maximum atomic E-state index is 13.4. The SMILES string of the molecule is Cc1cc(NC(=O)Cc2ccc(F)cc2)n(C2NC(=O)C3CNN(c4ccc(F)cc4)C3N2)n1. The van der Waals surface area contributed by atoms with E-state index in [0.717, 1.165) is 0 Å². The van der Waals surface area contributed by atoms with Crippen molar-refractivity contribution in [3.63, 3.8) is 0 Å². The Balaban J connectivity index is 1.34. The third-order valence-corrected chi connectivity index (χ3v) is 5.84. The second kappa shape index (κ2) is 8.84. The summed E-state index contributed by atoms with van der Waals surface area (Å²) in [7, 11) is 0. The zero-order valence-electron chi connectivity index (χ0n) is 18.3. The van der Waals surface area contributed by atoms with E-state index in [-0.39, 0.29) is 35.8 Å². The van der Waals surface area contributed by atoms with Crippen LogP contribution in [0.5, 0.6) is 0 Å². The zero-order chi connectivity index (χ0) is 23.8. The summed E-state index contributed by atoms with van der Waals surface area (Å²) in [6.07, 6.45) is -1.09. The molecule has 176 valence electrons. The summed E-state index contributed by atoms with van der Waals surface area (Å²) in [5, 5.41) is 15.3. The molecule has 9 nitrogen and oxygen atoms in total. The Kier molecular flexibility index (Phi) is 5.72. The lowest BCUT2D eigenvalue weighted by molar-refractivity contribution is -0.129. The Morgan fingerprint density at radius 1 is 1.12 bits per heavy atom. The van der Waals surface area contributed by atoms with Crippen LogP contribution in [0.4, 0.5) is 20.3 Å². The summed E-state index contributed by atoms with van der Waals surface area (Å²) in [6.45, 7) is 2.19. The molecule has 11 heteroatoms. The van der Waals surface area contributed by atoms with E-state index in [0.29, 0.717) is 29.3 Å². The third-order valence-electron chi connectivity index (χ3n) is 5.84. The second-order valence-electron chi connectivity index (χ2n) is 8.30. The van der Waals surface area contributed by atoms with Gasteiger partial charge in [-0.15, -0.1) is 0 Å². The molecule has 2 saturated heterocycles. The van der Waals surface area contributed by atoms with Gasteiger partial charge in [-0.25, -0.2) is 18.9 Å². The van der Waals surface area contributed by atoms with Gasteiger partial charge in [0.2, 0.25) is 11.8 Å². The summed E-state index contributed by atoms with van der Waals surface area (Å²) >= 11 is 0. The van der Waals surface area contributed by atoms with Crippen molar-refractivity contribution >= 4 is 23.3 Å². The lowest BCUT2D eigenvalue weighted by Crippen LogP contribution is -2.61. The van der Waals surface area contributed by atoms with Crippen LogP contribution in [0, 0.1) is 24.5 Å². The Morgan fingerprint density at radius 3 is 2.50 bits per heavy atom. The number of aryl methyl sites for hydroxylation is 1. The standard InChI is InChI=1S/C23H23F2N7O2/c1-13-10-19(27-20(33)11-14-2-4-15(24)5-3-14)32(30-13)23-28-21-18(22(34)29-23)12-26-31(21)17-8-6-16(25)7-9-17/h2-10,18,21,23,26,28H,11-12H2,1H3,(H,27,33)(H,29,34). The fourth-order valence-corrected chi connectivity index (χ4v) is 4.23. The Hall–Kier alpha value is -3.83. The summed E-state index contributed by atoms with van der Waals surface area (Å²) in [5.41, 5.74) is 5.20. The van der Waals surface area contributed by atoms with Crippen molar-refractivity contribution in [2.45, 2.75) is 25.8 Å². The van der Waals surface area contributed by atoms with Crippen LogP contribution in [-0.4, -0.2) is 34.3 Å². The first-order valence-corrected chi connectivity index (χ1v) is 10.8. The normalized spacial score (nSPS) is 21.8. The highest BCUT2D eigenvalue weighted by Gasteiger charge is 2.45. The van der Waals surface area contributed by atoms with Crippen molar-refractivity contribution in [2.24, 2.45) is 5.92 Å². The van der Waals surface area contributed by atoms with Crippen molar-refractivity contribution in [3.8, 4) is 0 Å². The first-order chi connectivity index (χ1) is 16.4. The van der Waals surface area contributed by atoms with E-state index in [1.165, 1.54) is 28.9 Å². The Bertz CT molecular complexity index is 1210. The summed E-state index contributed by atoms with van der Waals surface area (Å²) in [6, 6.07) is 13.4. The molecule has 0 radical (unpaired) electrons. The number of nitrogens with one attached hydrogen (secondary N) is 4. The zero-order valence-corrected chi connectivity index (χ0v) is 18.3. The number of benzene rings is 2. The molecule has 0 spiro atoms. The minimum Gasteiger partial charge on any atom is -0.321 e. The molecule has 2 fully saturated rings. The minimum atomic E-state index is -0.730. The molecular formula is C23H23F2N7O2. The highest BCUT2D eigenvalue weighted by Crippen LogP contribution is 2.28. The van der Waals surface area contributed by atoms with Crippen LogP contribution in [0.3, 0.4) is 0 Å². The number of anilines is 2. The van der Waals surface area contributed by atoms with Gasteiger partial charge in [0.15, 0.2) is 6.29 Å². The smallest absolute Gasteiger partial charge is 0.230 e. The molecule has 3 atom stereocenters. The average molecular weight is 467 g/mol. The number of carbonyl (C=O) groups is 2. The molecule has 2 aromatic carbocycles. The number of amides is 2. The molecule has 34 heavy (non-hydrogen) atoms. The molecule has 3 heterocycles. The van der Waals surface area contributed by atoms with Gasteiger partial charge in [-0.1, -0.05) is 12.1 Å². The number of rotatable bonds is 5.